The number of piperidine rings is 1. The lowest BCUT2D eigenvalue weighted by Crippen LogP contribution is -2.60. The first-order valence-corrected chi connectivity index (χ1v) is 10.3. The van der Waals surface area contributed by atoms with Crippen LogP contribution in [0.4, 0.5) is 0 Å². The summed E-state index contributed by atoms with van der Waals surface area (Å²) in [6, 6.07) is 14.6. The van der Waals surface area contributed by atoms with Crippen LogP contribution in [0.3, 0.4) is 0 Å². The van der Waals surface area contributed by atoms with E-state index in [0.29, 0.717) is 31.9 Å². The standard InChI is InChI=1S/C23H26N4O4/c1-26-15-18(31-20-9-5-6-11-24-20)13-19(22(28)25-30)21(26)23(29)27-12-10-17(14-27)16-7-3-2-4-8-16/h2-11,18-19,21,30H,12-15H2,1H3,(H,25,28)/t18-,19-,21-/m0/s1. The molecule has 0 spiro atoms. The average Bonchev–Trinajstić information content (AvgIpc) is 3.29. The summed E-state index contributed by atoms with van der Waals surface area (Å²) in [5, 5.41) is 9.30. The van der Waals surface area contributed by atoms with E-state index in [1.807, 2.05) is 47.4 Å². The minimum absolute atomic E-state index is 0.130. The lowest BCUT2D eigenvalue weighted by molar-refractivity contribution is -0.150. The van der Waals surface area contributed by atoms with Crippen LogP contribution in [-0.2, 0) is 9.59 Å². The van der Waals surface area contributed by atoms with Gasteiger partial charge in [0, 0.05) is 31.9 Å². The van der Waals surface area contributed by atoms with Crippen molar-refractivity contribution in [2.45, 2.75) is 18.6 Å². The number of hydroxylamine groups is 1. The third-order valence-corrected chi connectivity index (χ3v) is 5.87. The van der Waals surface area contributed by atoms with Gasteiger partial charge in [-0.1, -0.05) is 42.5 Å². The van der Waals surface area contributed by atoms with E-state index >= 15 is 0 Å². The molecule has 3 heterocycles. The Balaban J connectivity index is 1.47. The summed E-state index contributed by atoms with van der Waals surface area (Å²) in [6.07, 6.45) is 3.65. The summed E-state index contributed by atoms with van der Waals surface area (Å²) in [6.45, 7) is 1.46. The molecule has 2 aliphatic heterocycles. The molecule has 3 atom stereocenters. The molecular weight excluding hydrogens is 396 g/mol. The van der Waals surface area contributed by atoms with Gasteiger partial charge >= 0.3 is 0 Å². The number of amides is 2. The minimum atomic E-state index is -0.745. The predicted molar refractivity (Wildman–Crippen MR) is 114 cm³/mol. The molecule has 2 amide bonds. The Labute approximate surface area is 181 Å². The molecule has 0 bridgehead atoms. The maximum atomic E-state index is 13.4. The van der Waals surface area contributed by atoms with Crippen molar-refractivity contribution >= 4 is 17.4 Å². The topological polar surface area (TPSA) is 95.0 Å². The van der Waals surface area contributed by atoms with E-state index in [2.05, 4.69) is 4.98 Å². The molecule has 0 saturated carbocycles. The second-order valence-electron chi connectivity index (χ2n) is 7.92. The number of rotatable bonds is 5. The van der Waals surface area contributed by atoms with Crippen LogP contribution in [0, 0.1) is 5.92 Å². The maximum absolute atomic E-state index is 13.4. The fourth-order valence-corrected chi connectivity index (χ4v) is 4.37. The second-order valence-corrected chi connectivity index (χ2v) is 7.92. The number of carbonyl (C=O) groups is 2. The molecule has 0 aliphatic carbocycles. The van der Waals surface area contributed by atoms with Crippen LogP contribution < -0.4 is 10.2 Å². The van der Waals surface area contributed by atoms with Gasteiger partial charge < -0.3 is 9.64 Å². The fourth-order valence-electron chi connectivity index (χ4n) is 4.37. The number of likely N-dealkylation sites (N-methyl/N-ethyl adjacent to an activating group) is 1. The van der Waals surface area contributed by atoms with Gasteiger partial charge in [0.2, 0.25) is 17.7 Å². The van der Waals surface area contributed by atoms with Crippen LogP contribution in [0.2, 0.25) is 0 Å². The summed E-state index contributed by atoms with van der Waals surface area (Å²) < 4.78 is 5.93. The van der Waals surface area contributed by atoms with Gasteiger partial charge in [-0.3, -0.25) is 19.7 Å². The zero-order valence-corrected chi connectivity index (χ0v) is 17.3. The summed E-state index contributed by atoms with van der Waals surface area (Å²) in [4.78, 5) is 33.7. The van der Waals surface area contributed by atoms with Gasteiger partial charge in [-0.15, -0.1) is 0 Å². The van der Waals surface area contributed by atoms with Crippen molar-refractivity contribution in [3.05, 3.63) is 66.4 Å². The zero-order chi connectivity index (χ0) is 21.8. The quantitative estimate of drug-likeness (QED) is 0.561. The molecule has 2 N–H and O–H groups in total. The van der Waals surface area contributed by atoms with Crippen LogP contribution in [0.5, 0.6) is 5.88 Å². The molecule has 1 saturated heterocycles. The van der Waals surface area contributed by atoms with Crippen molar-refractivity contribution in [1.29, 1.82) is 0 Å². The van der Waals surface area contributed by atoms with Crippen molar-refractivity contribution in [2.24, 2.45) is 5.92 Å². The number of aromatic nitrogens is 1. The Morgan fingerprint density at radius 2 is 1.94 bits per heavy atom. The van der Waals surface area contributed by atoms with Gasteiger partial charge in [0.05, 0.1) is 5.92 Å². The monoisotopic (exact) mass is 422 g/mol. The number of nitrogens with one attached hydrogen (secondary N) is 1. The first-order chi connectivity index (χ1) is 15.1. The van der Waals surface area contributed by atoms with Gasteiger partial charge in [-0.2, -0.15) is 0 Å². The molecular formula is C23H26N4O4. The molecule has 31 heavy (non-hydrogen) atoms. The SMILES string of the molecule is CN1C[C@@H](Oc2ccccn2)C[C@H](C(=O)NO)[C@H]1C(=O)N1CC=C(c2ccccc2)C1. The van der Waals surface area contributed by atoms with E-state index in [1.165, 1.54) is 0 Å². The molecule has 0 radical (unpaired) electrons. The number of pyridine rings is 1. The van der Waals surface area contributed by atoms with E-state index in [4.69, 9.17) is 4.74 Å². The lowest BCUT2D eigenvalue weighted by Gasteiger charge is -2.41. The first-order valence-electron chi connectivity index (χ1n) is 10.3. The normalized spacial score (nSPS) is 23.9. The third-order valence-electron chi connectivity index (χ3n) is 5.87. The Bertz CT molecular complexity index is 951. The number of hydrogen-bond donors (Lipinski definition) is 2. The molecule has 0 unspecified atom stereocenters. The molecule has 1 aromatic carbocycles. The van der Waals surface area contributed by atoms with Crippen LogP contribution >= 0.6 is 0 Å². The van der Waals surface area contributed by atoms with E-state index in [-0.39, 0.29) is 12.0 Å². The maximum Gasteiger partial charge on any atom is 0.248 e. The highest BCUT2D eigenvalue weighted by atomic mass is 16.5. The smallest absolute Gasteiger partial charge is 0.248 e. The van der Waals surface area contributed by atoms with Crippen LogP contribution in [0.25, 0.3) is 5.57 Å². The Morgan fingerprint density at radius 1 is 1.16 bits per heavy atom. The minimum Gasteiger partial charge on any atom is -0.473 e. The van der Waals surface area contributed by atoms with E-state index < -0.39 is 17.9 Å². The van der Waals surface area contributed by atoms with E-state index in [1.54, 1.807) is 35.8 Å². The highest BCUT2D eigenvalue weighted by Gasteiger charge is 2.45. The van der Waals surface area contributed by atoms with Crippen molar-refractivity contribution < 1.29 is 19.5 Å². The number of benzene rings is 1. The van der Waals surface area contributed by atoms with Crippen molar-refractivity contribution in [3.8, 4) is 5.88 Å². The second kappa shape index (κ2) is 9.28. The largest absolute Gasteiger partial charge is 0.473 e. The molecule has 2 aromatic rings. The van der Waals surface area contributed by atoms with Gasteiger partial charge in [0.25, 0.3) is 0 Å². The van der Waals surface area contributed by atoms with Gasteiger partial charge in [-0.05, 0) is 30.7 Å². The Hall–Kier alpha value is -3.23. The molecule has 1 aromatic heterocycles. The van der Waals surface area contributed by atoms with Crippen LogP contribution in [-0.4, -0.2) is 70.6 Å². The fraction of sp³-hybridized carbons (Fsp3) is 0.348. The highest BCUT2D eigenvalue weighted by Crippen LogP contribution is 2.29. The first kappa shape index (κ1) is 21.0. The third kappa shape index (κ3) is 4.60. The van der Waals surface area contributed by atoms with Gasteiger partial charge in [-0.25, -0.2) is 10.5 Å². The molecule has 1 fully saturated rings. The summed E-state index contributed by atoms with van der Waals surface area (Å²) in [5.74, 6) is -1.000. The van der Waals surface area contributed by atoms with Crippen molar-refractivity contribution in [3.63, 3.8) is 0 Å². The molecule has 4 rings (SSSR count). The number of nitrogens with zero attached hydrogens (tertiary/aromatic N) is 3. The zero-order valence-electron chi connectivity index (χ0n) is 17.3. The number of ether oxygens (including phenoxy) is 1. The summed E-state index contributed by atoms with van der Waals surface area (Å²) in [5.41, 5.74) is 3.91. The highest BCUT2D eigenvalue weighted by molar-refractivity contribution is 5.91. The molecule has 162 valence electrons. The van der Waals surface area contributed by atoms with Crippen molar-refractivity contribution in [1.82, 2.24) is 20.3 Å². The van der Waals surface area contributed by atoms with E-state index in [9.17, 15) is 14.8 Å². The van der Waals surface area contributed by atoms with Crippen molar-refractivity contribution in [2.75, 3.05) is 26.7 Å². The summed E-state index contributed by atoms with van der Waals surface area (Å²) >= 11 is 0. The molecule has 8 heteroatoms. The van der Waals surface area contributed by atoms with E-state index in [0.717, 1.165) is 11.1 Å². The molecule has 8 nitrogen and oxygen atoms in total. The van der Waals surface area contributed by atoms with Gasteiger partial charge in [0.15, 0.2) is 0 Å². The van der Waals surface area contributed by atoms with Gasteiger partial charge in [0.1, 0.15) is 12.1 Å². The predicted octanol–water partition coefficient (Wildman–Crippen LogP) is 1.58. The van der Waals surface area contributed by atoms with Crippen LogP contribution in [0.15, 0.2) is 60.8 Å². The summed E-state index contributed by atoms with van der Waals surface area (Å²) in [7, 11) is 1.80. The Morgan fingerprint density at radius 3 is 2.65 bits per heavy atom. The van der Waals surface area contributed by atoms with Crippen LogP contribution in [0.1, 0.15) is 12.0 Å². The molecule has 2 aliphatic rings. The lowest BCUT2D eigenvalue weighted by atomic mass is 9.86. The number of likely N-dealkylation sites (tertiary alicyclic amines) is 1. The number of hydrogen-bond acceptors (Lipinski definition) is 6. The Kier molecular flexibility index (Phi) is 6.29. The average molecular weight is 422 g/mol. The number of carbonyl (C=O) groups excluding carboxylic acids is 2.